The Morgan fingerprint density at radius 3 is 2.39 bits per heavy atom. The molecule has 0 spiro atoms. The molecule has 1 aliphatic heterocycles. The third kappa shape index (κ3) is 2.25. The van der Waals surface area contributed by atoms with Gasteiger partial charge in [0.15, 0.2) is 5.79 Å². The Morgan fingerprint density at radius 2 is 1.83 bits per heavy atom. The van der Waals surface area contributed by atoms with Crippen molar-refractivity contribution < 1.29 is 14.2 Å². The first-order valence-corrected chi connectivity index (χ1v) is 6.56. The van der Waals surface area contributed by atoms with Gasteiger partial charge in [-0.25, -0.2) is 0 Å². The van der Waals surface area contributed by atoms with Gasteiger partial charge in [0.25, 0.3) is 0 Å². The molecule has 1 saturated heterocycles. The number of ether oxygens (including phenoxy) is 3. The molecule has 0 atom stereocenters. The monoisotopic (exact) mass is 250 g/mol. The molecule has 100 valence electrons. The maximum absolute atomic E-state index is 5.91. The fourth-order valence-corrected chi connectivity index (χ4v) is 2.64. The molecule has 2 rings (SSSR count). The van der Waals surface area contributed by atoms with Gasteiger partial charge in [0.1, 0.15) is 5.75 Å². The molecule has 3 heteroatoms. The van der Waals surface area contributed by atoms with Gasteiger partial charge in [-0.1, -0.05) is 13.3 Å². The largest absolute Gasteiger partial charge is 0.496 e. The first kappa shape index (κ1) is 13.4. The summed E-state index contributed by atoms with van der Waals surface area (Å²) in [4.78, 5) is 0. The van der Waals surface area contributed by atoms with Crippen LogP contribution in [0.15, 0.2) is 12.1 Å². The Labute approximate surface area is 109 Å². The number of benzene rings is 1. The molecule has 1 heterocycles. The van der Waals surface area contributed by atoms with E-state index in [-0.39, 0.29) is 0 Å². The van der Waals surface area contributed by atoms with Crippen LogP contribution in [0.25, 0.3) is 0 Å². The molecule has 0 radical (unpaired) electrons. The predicted octanol–water partition coefficient (Wildman–Crippen LogP) is 3.31. The van der Waals surface area contributed by atoms with Crippen LogP contribution in [0.5, 0.6) is 5.75 Å². The van der Waals surface area contributed by atoms with E-state index in [9.17, 15) is 0 Å². The van der Waals surface area contributed by atoms with Crippen molar-refractivity contribution in [3.63, 3.8) is 0 Å². The number of hydrogen-bond acceptors (Lipinski definition) is 3. The SMILES string of the molecule is CCCC1(c2cc(C)c(OC)cc2C)OCCO1. The summed E-state index contributed by atoms with van der Waals surface area (Å²) in [6.45, 7) is 7.63. The molecule has 0 saturated carbocycles. The summed E-state index contributed by atoms with van der Waals surface area (Å²) in [5.74, 6) is 0.372. The van der Waals surface area contributed by atoms with Gasteiger partial charge in [-0.2, -0.15) is 0 Å². The van der Waals surface area contributed by atoms with Crippen LogP contribution in [0, 0.1) is 13.8 Å². The van der Waals surface area contributed by atoms with E-state index in [0.717, 1.165) is 35.3 Å². The molecule has 1 fully saturated rings. The summed E-state index contributed by atoms with van der Waals surface area (Å²) < 4.78 is 17.2. The number of rotatable bonds is 4. The minimum atomic E-state index is -0.546. The predicted molar refractivity (Wildman–Crippen MR) is 71.0 cm³/mol. The highest BCUT2D eigenvalue weighted by molar-refractivity contribution is 5.43. The van der Waals surface area contributed by atoms with Crippen LogP contribution in [-0.4, -0.2) is 20.3 Å². The first-order valence-electron chi connectivity index (χ1n) is 6.56. The summed E-state index contributed by atoms with van der Waals surface area (Å²) in [7, 11) is 1.70. The Kier molecular flexibility index (Phi) is 3.93. The van der Waals surface area contributed by atoms with Crippen molar-refractivity contribution in [3.05, 3.63) is 28.8 Å². The van der Waals surface area contributed by atoms with E-state index in [1.54, 1.807) is 7.11 Å². The molecule has 0 aromatic heterocycles. The van der Waals surface area contributed by atoms with E-state index in [1.807, 2.05) is 0 Å². The third-order valence-electron chi connectivity index (χ3n) is 3.49. The zero-order valence-electron chi connectivity index (χ0n) is 11.7. The van der Waals surface area contributed by atoms with Crippen molar-refractivity contribution in [2.75, 3.05) is 20.3 Å². The van der Waals surface area contributed by atoms with Gasteiger partial charge in [-0.15, -0.1) is 0 Å². The minimum Gasteiger partial charge on any atom is -0.496 e. The molecule has 0 bridgehead atoms. The molecular formula is C15H22O3. The van der Waals surface area contributed by atoms with Gasteiger partial charge in [-0.3, -0.25) is 0 Å². The Balaban J connectivity index is 2.45. The van der Waals surface area contributed by atoms with E-state index < -0.39 is 5.79 Å². The Bertz CT molecular complexity index is 420. The second-order valence-electron chi connectivity index (χ2n) is 4.84. The first-order chi connectivity index (χ1) is 8.63. The van der Waals surface area contributed by atoms with Gasteiger partial charge in [-0.05, 0) is 37.1 Å². The standard InChI is InChI=1S/C15H22O3/c1-5-6-15(17-7-8-18-15)13-9-12(3)14(16-4)10-11(13)2/h9-10H,5-8H2,1-4H3. The molecule has 3 nitrogen and oxygen atoms in total. The van der Waals surface area contributed by atoms with Crippen LogP contribution >= 0.6 is 0 Å². The quantitative estimate of drug-likeness (QED) is 0.820. The number of hydrogen-bond donors (Lipinski definition) is 0. The molecule has 1 aromatic carbocycles. The Morgan fingerprint density at radius 1 is 1.17 bits per heavy atom. The fourth-order valence-electron chi connectivity index (χ4n) is 2.64. The molecule has 0 amide bonds. The van der Waals surface area contributed by atoms with Crippen molar-refractivity contribution in [3.8, 4) is 5.75 Å². The van der Waals surface area contributed by atoms with Crippen molar-refractivity contribution in [2.24, 2.45) is 0 Å². The molecule has 1 aromatic rings. The lowest BCUT2D eigenvalue weighted by atomic mass is 9.94. The lowest BCUT2D eigenvalue weighted by molar-refractivity contribution is -0.171. The molecule has 18 heavy (non-hydrogen) atoms. The van der Waals surface area contributed by atoms with Gasteiger partial charge in [0.2, 0.25) is 0 Å². The van der Waals surface area contributed by atoms with E-state index in [2.05, 4.69) is 32.9 Å². The minimum absolute atomic E-state index is 0.546. The van der Waals surface area contributed by atoms with Gasteiger partial charge in [0, 0.05) is 12.0 Å². The number of aryl methyl sites for hydroxylation is 2. The summed E-state index contributed by atoms with van der Waals surface area (Å²) in [6, 6.07) is 4.20. The average Bonchev–Trinajstić information content (AvgIpc) is 2.81. The Hall–Kier alpha value is -1.06. The summed E-state index contributed by atoms with van der Waals surface area (Å²) in [5.41, 5.74) is 3.42. The van der Waals surface area contributed by atoms with Gasteiger partial charge in [0.05, 0.1) is 20.3 Å². The highest BCUT2D eigenvalue weighted by Gasteiger charge is 2.39. The van der Waals surface area contributed by atoms with Crippen LogP contribution in [0.3, 0.4) is 0 Å². The molecule has 0 unspecified atom stereocenters. The summed E-state index contributed by atoms with van der Waals surface area (Å²) in [5, 5.41) is 0. The highest BCUT2D eigenvalue weighted by Crippen LogP contribution is 2.39. The van der Waals surface area contributed by atoms with E-state index in [1.165, 1.54) is 0 Å². The van der Waals surface area contributed by atoms with Crippen LogP contribution in [-0.2, 0) is 15.3 Å². The maximum Gasteiger partial charge on any atom is 0.195 e. The second kappa shape index (κ2) is 5.29. The normalized spacial score (nSPS) is 18.0. The van der Waals surface area contributed by atoms with Crippen molar-refractivity contribution in [1.29, 1.82) is 0 Å². The second-order valence-corrected chi connectivity index (χ2v) is 4.84. The van der Waals surface area contributed by atoms with E-state index in [0.29, 0.717) is 13.2 Å². The third-order valence-corrected chi connectivity index (χ3v) is 3.49. The highest BCUT2D eigenvalue weighted by atomic mass is 16.7. The zero-order chi connectivity index (χ0) is 13.2. The number of methoxy groups -OCH3 is 1. The van der Waals surface area contributed by atoms with Crippen LogP contribution in [0.2, 0.25) is 0 Å². The van der Waals surface area contributed by atoms with Crippen molar-refractivity contribution in [2.45, 2.75) is 39.4 Å². The molecule has 0 aliphatic carbocycles. The topological polar surface area (TPSA) is 27.7 Å². The van der Waals surface area contributed by atoms with Gasteiger partial charge < -0.3 is 14.2 Å². The van der Waals surface area contributed by atoms with Gasteiger partial charge >= 0.3 is 0 Å². The summed E-state index contributed by atoms with van der Waals surface area (Å²) in [6.07, 6.45) is 1.92. The zero-order valence-corrected chi connectivity index (χ0v) is 11.7. The molecule has 0 N–H and O–H groups in total. The average molecular weight is 250 g/mol. The van der Waals surface area contributed by atoms with Crippen LogP contribution < -0.4 is 4.74 Å². The lowest BCUT2D eigenvalue weighted by Gasteiger charge is -2.29. The maximum atomic E-state index is 5.91. The van der Waals surface area contributed by atoms with Crippen molar-refractivity contribution >= 4 is 0 Å². The van der Waals surface area contributed by atoms with Crippen LogP contribution in [0.1, 0.15) is 36.5 Å². The fraction of sp³-hybridized carbons (Fsp3) is 0.600. The van der Waals surface area contributed by atoms with E-state index in [4.69, 9.17) is 14.2 Å². The lowest BCUT2D eigenvalue weighted by Crippen LogP contribution is -2.28. The molecular weight excluding hydrogens is 228 g/mol. The van der Waals surface area contributed by atoms with Crippen LogP contribution in [0.4, 0.5) is 0 Å². The molecule has 1 aliphatic rings. The van der Waals surface area contributed by atoms with E-state index >= 15 is 0 Å². The smallest absolute Gasteiger partial charge is 0.195 e. The van der Waals surface area contributed by atoms with Crippen molar-refractivity contribution in [1.82, 2.24) is 0 Å². The summed E-state index contributed by atoms with van der Waals surface area (Å²) >= 11 is 0.